The number of benzene rings is 1. The second kappa shape index (κ2) is 5.60. The van der Waals surface area contributed by atoms with Crippen molar-refractivity contribution in [1.29, 1.82) is 0 Å². The first-order valence-electron chi connectivity index (χ1n) is 4.82. The van der Waals surface area contributed by atoms with Crippen molar-refractivity contribution in [2.75, 3.05) is 6.54 Å². The highest BCUT2D eigenvalue weighted by molar-refractivity contribution is 6.34. The normalized spacial score (nSPS) is 11.9. The fourth-order valence-electron chi connectivity index (χ4n) is 1.22. The molecule has 0 aliphatic rings. The number of aliphatic hydroxyl groups excluding tert-OH is 1. The van der Waals surface area contributed by atoms with Crippen LogP contribution in [0.4, 0.5) is 5.69 Å². The maximum absolute atomic E-state index is 11.7. The van der Waals surface area contributed by atoms with Gasteiger partial charge in [-0.1, -0.05) is 17.7 Å². The molecule has 6 nitrogen and oxygen atoms in total. The SMILES string of the molecule is CC(O)CNC(=O)c1c(Cl)cccc1[N+](=O)[O-]. The molecular formula is C10H11ClN2O4. The summed E-state index contributed by atoms with van der Waals surface area (Å²) in [6, 6.07) is 3.99. The van der Waals surface area contributed by atoms with E-state index in [1.807, 2.05) is 0 Å². The van der Waals surface area contributed by atoms with E-state index in [1.165, 1.54) is 25.1 Å². The molecule has 0 heterocycles. The molecule has 1 rings (SSSR count). The zero-order valence-corrected chi connectivity index (χ0v) is 9.77. The highest BCUT2D eigenvalue weighted by Gasteiger charge is 2.23. The number of nitrogens with one attached hydrogen (secondary N) is 1. The van der Waals surface area contributed by atoms with E-state index in [9.17, 15) is 14.9 Å². The highest BCUT2D eigenvalue weighted by atomic mass is 35.5. The Morgan fingerprint density at radius 3 is 2.82 bits per heavy atom. The van der Waals surface area contributed by atoms with Crippen LogP contribution in [0.2, 0.25) is 5.02 Å². The van der Waals surface area contributed by atoms with Crippen LogP contribution in [0.1, 0.15) is 17.3 Å². The summed E-state index contributed by atoms with van der Waals surface area (Å²) in [4.78, 5) is 21.7. The maximum Gasteiger partial charge on any atom is 0.283 e. The molecular weight excluding hydrogens is 248 g/mol. The molecule has 1 aromatic rings. The molecule has 0 aromatic heterocycles. The largest absolute Gasteiger partial charge is 0.392 e. The zero-order valence-electron chi connectivity index (χ0n) is 9.01. The second-order valence-corrected chi connectivity index (χ2v) is 3.86. The van der Waals surface area contributed by atoms with Crippen molar-refractivity contribution in [2.24, 2.45) is 0 Å². The Morgan fingerprint density at radius 1 is 1.65 bits per heavy atom. The molecule has 0 saturated carbocycles. The Kier molecular flexibility index (Phi) is 4.42. The molecule has 0 aliphatic carbocycles. The van der Waals surface area contributed by atoms with Gasteiger partial charge in [0, 0.05) is 12.6 Å². The maximum atomic E-state index is 11.7. The second-order valence-electron chi connectivity index (χ2n) is 3.45. The summed E-state index contributed by atoms with van der Waals surface area (Å²) in [6.07, 6.45) is -0.736. The van der Waals surface area contributed by atoms with Crippen LogP contribution >= 0.6 is 11.6 Å². The molecule has 0 fully saturated rings. The fourth-order valence-corrected chi connectivity index (χ4v) is 1.47. The van der Waals surface area contributed by atoms with Gasteiger partial charge < -0.3 is 10.4 Å². The van der Waals surface area contributed by atoms with Gasteiger partial charge in [-0.25, -0.2) is 0 Å². The Bertz CT molecular complexity index is 448. The summed E-state index contributed by atoms with van der Waals surface area (Å²) in [5, 5.41) is 22.1. The third-order valence-corrected chi connectivity index (χ3v) is 2.29. The summed E-state index contributed by atoms with van der Waals surface area (Å²) in [5.41, 5.74) is -0.555. The third-order valence-electron chi connectivity index (χ3n) is 1.97. The van der Waals surface area contributed by atoms with Crippen molar-refractivity contribution >= 4 is 23.2 Å². The van der Waals surface area contributed by atoms with Crippen molar-refractivity contribution in [3.05, 3.63) is 38.9 Å². The molecule has 0 aliphatic heterocycles. The Morgan fingerprint density at radius 2 is 2.29 bits per heavy atom. The zero-order chi connectivity index (χ0) is 13.0. The predicted octanol–water partition coefficient (Wildman–Crippen LogP) is 1.36. The van der Waals surface area contributed by atoms with Gasteiger partial charge in [0.25, 0.3) is 11.6 Å². The molecule has 7 heteroatoms. The van der Waals surface area contributed by atoms with Gasteiger partial charge in [-0.05, 0) is 13.0 Å². The number of halogens is 1. The minimum absolute atomic E-state index is 0.00120. The first-order valence-corrected chi connectivity index (χ1v) is 5.20. The summed E-state index contributed by atoms with van der Waals surface area (Å²) < 4.78 is 0. The van der Waals surface area contributed by atoms with Crippen molar-refractivity contribution in [1.82, 2.24) is 5.32 Å². The lowest BCUT2D eigenvalue weighted by atomic mass is 10.1. The Hall–Kier alpha value is -1.66. The number of rotatable bonds is 4. The molecule has 2 N–H and O–H groups in total. The molecule has 1 atom stereocenters. The minimum atomic E-state index is -0.736. The lowest BCUT2D eigenvalue weighted by molar-refractivity contribution is -0.385. The van der Waals surface area contributed by atoms with E-state index in [2.05, 4.69) is 5.32 Å². The Balaban J connectivity index is 3.03. The number of nitro benzene ring substituents is 1. The van der Waals surface area contributed by atoms with Gasteiger partial charge in [0.2, 0.25) is 0 Å². The van der Waals surface area contributed by atoms with Crippen LogP contribution in [0.3, 0.4) is 0 Å². The molecule has 0 spiro atoms. The molecule has 1 amide bonds. The number of carbonyl (C=O) groups is 1. The van der Waals surface area contributed by atoms with Gasteiger partial charge in [-0.15, -0.1) is 0 Å². The van der Waals surface area contributed by atoms with Gasteiger partial charge in [-0.3, -0.25) is 14.9 Å². The van der Waals surface area contributed by atoms with Crippen LogP contribution in [0.25, 0.3) is 0 Å². The van der Waals surface area contributed by atoms with E-state index < -0.39 is 16.9 Å². The van der Waals surface area contributed by atoms with E-state index in [0.717, 1.165) is 0 Å². The van der Waals surface area contributed by atoms with Gasteiger partial charge in [0.1, 0.15) is 5.56 Å². The summed E-state index contributed by atoms with van der Waals surface area (Å²) in [5.74, 6) is -0.678. The monoisotopic (exact) mass is 258 g/mol. The minimum Gasteiger partial charge on any atom is -0.392 e. The number of carbonyl (C=O) groups excluding carboxylic acids is 1. The van der Waals surface area contributed by atoms with E-state index in [4.69, 9.17) is 16.7 Å². The van der Waals surface area contributed by atoms with Crippen molar-refractivity contribution in [2.45, 2.75) is 13.0 Å². The lowest BCUT2D eigenvalue weighted by Crippen LogP contribution is -2.31. The van der Waals surface area contributed by atoms with Crippen LogP contribution in [0.15, 0.2) is 18.2 Å². The average Bonchev–Trinajstić information content (AvgIpc) is 2.25. The number of nitrogens with zero attached hydrogens (tertiary/aromatic N) is 1. The molecule has 17 heavy (non-hydrogen) atoms. The number of amides is 1. The predicted molar refractivity (Wildman–Crippen MR) is 62.1 cm³/mol. The number of aliphatic hydroxyl groups is 1. The van der Waals surface area contributed by atoms with Gasteiger partial charge >= 0.3 is 0 Å². The molecule has 1 aromatic carbocycles. The van der Waals surface area contributed by atoms with E-state index in [-0.39, 0.29) is 22.8 Å². The van der Waals surface area contributed by atoms with E-state index in [0.29, 0.717) is 0 Å². The van der Waals surface area contributed by atoms with Crippen LogP contribution in [-0.2, 0) is 0 Å². The quantitative estimate of drug-likeness (QED) is 0.630. The third kappa shape index (κ3) is 3.40. The molecule has 0 bridgehead atoms. The van der Waals surface area contributed by atoms with Crippen LogP contribution in [0.5, 0.6) is 0 Å². The highest BCUT2D eigenvalue weighted by Crippen LogP contribution is 2.25. The molecule has 0 radical (unpaired) electrons. The van der Waals surface area contributed by atoms with Crippen molar-refractivity contribution < 1.29 is 14.8 Å². The van der Waals surface area contributed by atoms with Gasteiger partial charge in [0.15, 0.2) is 0 Å². The number of hydrogen-bond acceptors (Lipinski definition) is 4. The summed E-state index contributed by atoms with van der Waals surface area (Å²) in [7, 11) is 0. The molecule has 92 valence electrons. The van der Waals surface area contributed by atoms with Crippen molar-refractivity contribution in [3.8, 4) is 0 Å². The number of hydrogen-bond donors (Lipinski definition) is 2. The number of nitro groups is 1. The summed E-state index contributed by atoms with van der Waals surface area (Å²) >= 11 is 5.76. The topological polar surface area (TPSA) is 92.5 Å². The first kappa shape index (κ1) is 13.4. The first-order chi connectivity index (χ1) is 7.93. The van der Waals surface area contributed by atoms with Gasteiger partial charge in [-0.2, -0.15) is 0 Å². The lowest BCUT2D eigenvalue weighted by Gasteiger charge is -2.08. The van der Waals surface area contributed by atoms with E-state index >= 15 is 0 Å². The van der Waals surface area contributed by atoms with E-state index in [1.54, 1.807) is 0 Å². The van der Waals surface area contributed by atoms with Crippen LogP contribution in [-0.4, -0.2) is 28.6 Å². The fraction of sp³-hybridized carbons (Fsp3) is 0.300. The Labute approximate surface area is 102 Å². The summed E-state index contributed by atoms with van der Waals surface area (Å²) in [6.45, 7) is 1.49. The smallest absolute Gasteiger partial charge is 0.283 e. The van der Waals surface area contributed by atoms with Crippen LogP contribution in [0, 0.1) is 10.1 Å². The molecule has 0 saturated heterocycles. The van der Waals surface area contributed by atoms with Gasteiger partial charge in [0.05, 0.1) is 16.0 Å². The molecule has 1 unspecified atom stereocenters. The average molecular weight is 259 g/mol. The standard InChI is InChI=1S/C10H11ClN2O4/c1-6(14)5-12-10(15)9-7(11)3-2-4-8(9)13(16)17/h2-4,6,14H,5H2,1H3,(H,12,15). The van der Waals surface area contributed by atoms with Crippen LogP contribution < -0.4 is 5.32 Å². The van der Waals surface area contributed by atoms with Crippen molar-refractivity contribution in [3.63, 3.8) is 0 Å².